The van der Waals surface area contributed by atoms with Gasteiger partial charge in [-0.05, 0) is 36.4 Å². The fourth-order valence-corrected chi connectivity index (χ4v) is 1.82. The maximum absolute atomic E-state index is 11.1. The molecule has 1 heterocycles. The number of rotatable bonds is 1. The van der Waals surface area contributed by atoms with Crippen molar-refractivity contribution >= 4 is 22.6 Å². The zero-order valence-corrected chi connectivity index (χ0v) is 9.05. The van der Waals surface area contributed by atoms with Crippen molar-refractivity contribution in [1.82, 2.24) is 9.97 Å². The summed E-state index contributed by atoms with van der Waals surface area (Å²) in [5.41, 5.74) is 5.73. The van der Waals surface area contributed by atoms with Gasteiger partial charge in [0.1, 0.15) is 3.57 Å². The fourth-order valence-electron chi connectivity index (χ4n) is 0.832. The Morgan fingerprint density at radius 1 is 1.67 bits per heavy atom. The van der Waals surface area contributed by atoms with Gasteiger partial charge >= 0.3 is 0 Å². The Morgan fingerprint density at radius 3 is 2.67 bits per heavy atom. The van der Waals surface area contributed by atoms with E-state index in [0.717, 1.165) is 0 Å². The van der Waals surface area contributed by atoms with Crippen LogP contribution in [0.25, 0.3) is 0 Å². The Kier molecular flexibility index (Phi) is 2.52. The number of aromatic amines is 1. The first kappa shape index (κ1) is 9.66. The van der Waals surface area contributed by atoms with Crippen molar-refractivity contribution in [2.24, 2.45) is 5.73 Å². The van der Waals surface area contributed by atoms with E-state index in [9.17, 15) is 4.79 Å². The molecule has 66 valence electrons. The van der Waals surface area contributed by atoms with Crippen molar-refractivity contribution in [2.45, 2.75) is 19.4 Å². The molecule has 3 N–H and O–H groups in total. The van der Waals surface area contributed by atoms with Crippen LogP contribution >= 0.6 is 22.6 Å². The van der Waals surface area contributed by atoms with Crippen LogP contribution in [0, 0.1) is 3.57 Å². The van der Waals surface area contributed by atoms with Gasteiger partial charge in [-0.3, -0.25) is 4.79 Å². The molecule has 0 fully saturated rings. The molecule has 0 aliphatic carbocycles. The largest absolute Gasteiger partial charge is 0.321 e. The summed E-state index contributed by atoms with van der Waals surface area (Å²) in [5.74, 6) is 0. The van der Waals surface area contributed by atoms with Gasteiger partial charge in [0.25, 0.3) is 5.56 Å². The minimum atomic E-state index is -0.565. The Morgan fingerprint density at radius 2 is 2.25 bits per heavy atom. The molecule has 0 unspecified atom stereocenters. The number of hydrogen-bond acceptors (Lipinski definition) is 3. The number of nitrogens with two attached hydrogens (primary N) is 1. The van der Waals surface area contributed by atoms with Gasteiger partial charge in [-0.2, -0.15) is 0 Å². The highest BCUT2D eigenvalue weighted by Gasteiger charge is 2.20. The van der Waals surface area contributed by atoms with Gasteiger partial charge in [-0.1, -0.05) is 0 Å². The number of nitrogens with zero attached hydrogens (tertiary/aromatic N) is 1. The first-order valence-electron chi connectivity index (χ1n) is 3.45. The summed E-state index contributed by atoms with van der Waals surface area (Å²) in [5, 5.41) is 0. The maximum atomic E-state index is 11.1. The molecular weight excluding hydrogens is 269 g/mol. The minimum Gasteiger partial charge on any atom is -0.321 e. The maximum Gasteiger partial charge on any atom is 0.264 e. The van der Waals surface area contributed by atoms with Crippen LogP contribution in [0.1, 0.15) is 19.5 Å². The number of halogens is 1. The third kappa shape index (κ3) is 1.84. The van der Waals surface area contributed by atoms with Crippen molar-refractivity contribution in [3.8, 4) is 0 Å². The molecule has 0 saturated heterocycles. The molecule has 0 spiro atoms. The zero-order chi connectivity index (χ0) is 9.35. The van der Waals surface area contributed by atoms with Crippen molar-refractivity contribution in [2.75, 3.05) is 0 Å². The molecule has 0 aliphatic heterocycles. The first-order chi connectivity index (χ1) is 5.43. The van der Waals surface area contributed by atoms with E-state index in [-0.39, 0.29) is 5.56 Å². The van der Waals surface area contributed by atoms with Crippen LogP contribution in [0.4, 0.5) is 0 Å². The molecule has 4 nitrogen and oxygen atoms in total. The summed E-state index contributed by atoms with van der Waals surface area (Å²) < 4.78 is 0.558. The van der Waals surface area contributed by atoms with Crippen molar-refractivity contribution < 1.29 is 0 Å². The lowest BCUT2D eigenvalue weighted by atomic mass is 10.0. The van der Waals surface area contributed by atoms with Crippen LogP contribution < -0.4 is 11.3 Å². The molecule has 0 aliphatic rings. The topological polar surface area (TPSA) is 71.8 Å². The Bertz CT molecular complexity index is 339. The number of nitrogens with one attached hydrogen (secondary N) is 1. The van der Waals surface area contributed by atoms with Gasteiger partial charge in [-0.25, -0.2) is 4.98 Å². The van der Waals surface area contributed by atoms with E-state index in [1.807, 2.05) is 36.4 Å². The third-order valence-corrected chi connectivity index (χ3v) is 2.41. The third-order valence-electron chi connectivity index (χ3n) is 1.41. The smallest absolute Gasteiger partial charge is 0.264 e. The lowest BCUT2D eigenvalue weighted by molar-refractivity contribution is 0.528. The van der Waals surface area contributed by atoms with Gasteiger partial charge in [0.2, 0.25) is 0 Å². The van der Waals surface area contributed by atoms with E-state index in [0.29, 0.717) is 9.26 Å². The highest BCUT2D eigenvalue weighted by molar-refractivity contribution is 14.1. The molecule has 0 aromatic carbocycles. The lowest BCUT2D eigenvalue weighted by Crippen LogP contribution is -2.33. The minimum absolute atomic E-state index is 0.140. The molecule has 12 heavy (non-hydrogen) atoms. The quantitative estimate of drug-likeness (QED) is 0.738. The fraction of sp³-hybridized carbons (Fsp3) is 0.429. The van der Waals surface area contributed by atoms with Crippen molar-refractivity contribution in [3.05, 3.63) is 25.9 Å². The average Bonchev–Trinajstić information content (AvgIpc) is 1.92. The molecule has 1 rings (SSSR count). The van der Waals surface area contributed by atoms with Gasteiger partial charge in [0.15, 0.2) is 0 Å². The van der Waals surface area contributed by atoms with E-state index in [1.165, 1.54) is 6.33 Å². The van der Waals surface area contributed by atoms with Crippen LogP contribution in [-0.2, 0) is 5.54 Å². The normalized spacial score (nSPS) is 11.7. The Hall–Kier alpha value is -0.430. The molecule has 0 amide bonds. The van der Waals surface area contributed by atoms with Crippen molar-refractivity contribution in [1.29, 1.82) is 0 Å². The Labute approximate surface area is 83.7 Å². The predicted molar refractivity (Wildman–Crippen MR) is 54.8 cm³/mol. The second kappa shape index (κ2) is 3.14. The number of aromatic nitrogens is 2. The molecule has 0 atom stereocenters. The van der Waals surface area contributed by atoms with Crippen LogP contribution in [0.3, 0.4) is 0 Å². The zero-order valence-electron chi connectivity index (χ0n) is 6.89. The second-order valence-electron chi connectivity index (χ2n) is 3.12. The molecule has 0 saturated carbocycles. The summed E-state index contributed by atoms with van der Waals surface area (Å²) >= 11 is 1.94. The highest BCUT2D eigenvalue weighted by Crippen LogP contribution is 2.16. The van der Waals surface area contributed by atoms with Crippen LogP contribution in [-0.4, -0.2) is 9.97 Å². The molecule has 5 heteroatoms. The lowest BCUT2D eigenvalue weighted by Gasteiger charge is -2.18. The number of hydrogen-bond donors (Lipinski definition) is 2. The Balaban J connectivity index is 3.36. The van der Waals surface area contributed by atoms with E-state index in [2.05, 4.69) is 9.97 Å². The highest BCUT2D eigenvalue weighted by atomic mass is 127. The SMILES string of the molecule is CC(C)(N)c1nc[nH]c(=O)c1I. The molecule has 0 bridgehead atoms. The second-order valence-corrected chi connectivity index (χ2v) is 4.19. The van der Waals surface area contributed by atoms with E-state index < -0.39 is 5.54 Å². The molecule has 1 aromatic rings. The van der Waals surface area contributed by atoms with E-state index in [1.54, 1.807) is 0 Å². The van der Waals surface area contributed by atoms with Gasteiger partial charge in [-0.15, -0.1) is 0 Å². The monoisotopic (exact) mass is 279 g/mol. The van der Waals surface area contributed by atoms with E-state index >= 15 is 0 Å². The summed E-state index contributed by atoms with van der Waals surface area (Å²) in [6.45, 7) is 3.63. The molecule has 0 radical (unpaired) electrons. The summed E-state index contributed by atoms with van der Waals surface area (Å²) in [7, 11) is 0. The first-order valence-corrected chi connectivity index (χ1v) is 4.53. The van der Waals surface area contributed by atoms with Gasteiger partial charge < -0.3 is 10.7 Å². The summed E-state index contributed by atoms with van der Waals surface area (Å²) in [4.78, 5) is 17.6. The molecular formula is C7H10IN3O. The standard InChI is InChI=1S/C7H10IN3O/c1-7(2,9)5-4(8)6(12)11-3-10-5/h3H,9H2,1-2H3,(H,10,11,12). The average molecular weight is 279 g/mol. The predicted octanol–water partition coefficient (Wildman–Crippen LogP) is 0.568. The van der Waals surface area contributed by atoms with Gasteiger partial charge in [0.05, 0.1) is 17.6 Å². The van der Waals surface area contributed by atoms with Crippen molar-refractivity contribution in [3.63, 3.8) is 0 Å². The summed E-state index contributed by atoms with van der Waals surface area (Å²) in [6.07, 6.45) is 1.37. The van der Waals surface area contributed by atoms with E-state index in [4.69, 9.17) is 5.73 Å². The van der Waals surface area contributed by atoms with Crippen LogP contribution in [0.15, 0.2) is 11.1 Å². The molecule has 1 aromatic heterocycles. The number of H-pyrrole nitrogens is 1. The van der Waals surface area contributed by atoms with Crippen LogP contribution in [0.5, 0.6) is 0 Å². The van der Waals surface area contributed by atoms with Crippen LogP contribution in [0.2, 0.25) is 0 Å². The van der Waals surface area contributed by atoms with Gasteiger partial charge in [0, 0.05) is 0 Å². The summed E-state index contributed by atoms with van der Waals surface area (Å²) in [6, 6.07) is 0.